The molecule has 2 aromatic heterocycles. The second-order valence-corrected chi connectivity index (χ2v) is 9.41. The second-order valence-electron chi connectivity index (χ2n) is 9.00. The van der Waals surface area contributed by atoms with Gasteiger partial charge in [-0.25, -0.2) is 9.18 Å². The standard InChI is InChI=1S/C26H25ClFN3O6/c1-12(2)21(11-32)31-10-18(26(34)35)24(33)17-7-14(22(36-4)9-20(17)31)5-15-6-16(8-19(27)23(15)28)25-29-13(3)37-30-25/h6-10,12,21,32H,5,11H2,1-4H3,(H,34,35)/t21-/m1/s1. The Hall–Kier alpha value is -3.76. The number of rotatable bonds is 8. The fourth-order valence-electron chi connectivity index (χ4n) is 4.32. The number of nitrogens with zero attached hydrogens (tertiary/aromatic N) is 3. The predicted molar refractivity (Wildman–Crippen MR) is 135 cm³/mol. The number of aryl methyl sites for hydroxylation is 1. The Balaban J connectivity index is 1.94. The quantitative estimate of drug-likeness (QED) is 0.338. The van der Waals surface area contributed by atoms with Crippen LogP contribution in [0.5, 0.6) is 5.75 Å². The summed E-state index contributed by atoms with van der Waals surface area (Å²) in [6.07, 6.45) is 1.21. The Kier molecular flexibility index (Phi) is 7.33. The van der Waals surface area contributed by atoms with Crippen LogP contribution in [0.1, 0.15) is 47.3 Å². The van der Waals surface area contributed by atoms with Crippen molar-refractivity contribution in [3.05, 3.63) is 74.1 Å². The van der Waals surface area contributed by atoms with Gasteiger partial charge in [0, 0.05) is 36.6 Å². The van der Waals surface area contributed by atoms with E-state index in [1.807, 2.05) is 13.8 Å². The summed E-state index contributed by atoms with van der Waals surface area (Å²) >= 11 is 6.16. The molecule has 0 bridgehead atoms. The third kappa shape index (κ3) is 4.94. The fourth-order valence-corrected chi connectivity index (χ4v) is 4.56. The summed E-state index contributed by atoms with van der Waals surface area (Å²) in [5, 5.41) is 23.5. The number of aromatic nitrogens is 3. The van der Waals surface area contributed by atoms with Crippen molar-refractivity contribution in [2.24, 2.45) is 5.92 Å². The summed E-state index contributed by atoms with van der Waals surface area (Å²) in [5.74, 6) is -1.20. The fraction of sp³-hybridized carbons (Fsp3) is 0.308. The lowest BCUT2D eigenvalue weighted by Gasteiger charge is -2.25. The van der Waals surface area contributed by atoms with Crippen molar-refractivity contribution in [3.63, 3.8) is 0 Å². The van der Waals surface area contributed by atoms with Crippen molar-refractivity contribution < 1.29 is 28.7 Å². The molecule has 0 aliphatic rings. The number of methoxy groups -OCH3 is 1. The summed E-state index contributed by atoms with van der Waals surface area (Å²) in [4.78, 5) is 29.2. The Morgan fingerprint density at radius 2 is 1.97 bits per heavy atom. The van der Waals surface area contributed by atoms with Crippen LogP contribution < -0.4 is 10.2 Å². The van der Waals surface area contributed by atoms with E-state index in [-0.39, 0.29) is 40.7 Å². The van der Waals surface area contributed by atoms with E-state index in [0.717, 1.165) is 0 Å². The molecule has 0 radical (unpaired) electrons. The number of fused-ring (bicyclic) bond motifs is 1. The number of halogens is 2. The van der Waals surface area contributed by atoms with Crippen molar-refractivity contribution >= 4 is 28.5 Å². The average Bonchev–Trinajstić information content (AvgIpc) is 3.29. The van der Waals surface area contributed by atoms with Gasteiger partial charge >= 0.3 is 5.97 Å². The lowest BCUT2D eigenvalue weighted by Crippen LogP contribution is -2.25. The number of pyridine rings is 1. The van der Waals surface area contributed by atoms with Crippen LogP contribution in [0.15, 0.2) is 39.8 Å². The number of carboxylic acids is 1. The summed E-state index contributed by atoms with van der Waals surface area (Å²) < 4.78 is 27.2. The van der Waals surface area contributed by atoms with E-state index >= 15 is 4.39 Å². The lowest BCUT2D eigenvalue weighted by molar-refractivity contribution is 0.0694. The molecule has 37 heavy (non-hydrogen) atoms. The number of carboxylic acid groups (broad SMARTS) is 1. The Labute approximate surface area is 216 Å². The first kappa shape index (κ1) is 26.3. The molecule has 2 heterocycles. The third-order valence-electron chi connectivity index (χ3n) is 6.25. The van der Waals surface area contributed by atoms with Gasteiger partial charge < -0.3 is 24.0 Å². The van der Waals surface area contributed by atoms with Crippen molar-refractivity contribution in [2.75, 3.05) is 13.7 Å². The molecule has 2 N–H and O–H groups in total. The molecule has 2 aromatic carbocycles. The van der Waals surface area contributed by atoms with Crippen molar-refractivity contribution in [3.8, 4) is 17.1 Å². The molecule has 4 aromatic rings. The van der Waals surface area contributed by atoms with Crippen LogP contribution in [0.4, 0.5) is 4.39 Å². The number of hydrogen-bond acceptors (Lipinski definition) is 7. The Morgan fingerprint density at radius 1 is 1.24 bits per heavy atom. The average molecular weight is 530 g/mol. The molecule has 0 spiro atoms. The number of aromatic carboxylic acids is 1. The van der Waals surface area contributed by atoms with Gasteiger partial charge in [0.2, 0.25) is 17.1 Å². The van der Waals surface area contributed by atoms with Crippen LogP contribution in [0.25, 0.3) is 22.3 Å². The highest BCUT2D eigenvalue weighted by molar-refractivity contribution is 6.31. The summed E-state index contributed by atoms with van der Waals surface area (Å²) in [7, 11) is 1.44. The molecule has 9 nitrogen and oxygen atoms in total. The van der Waals surface area contributed by atoms with E-state index in [1.54, 1.807) is 17.6 Å². The normalized spacial score (nSPS) is 12.3. The topological polar surface area (TPSA) is 128 Å². The predicted octanol–water partition coefficient (Wildman–Crippen LogP) is 4.64. The molecular weight excluding hydrogens is 505 g/mol. The van der Waals surface area contributed by atoms with E-state index in [2.05, 4.69) is 10.1 Å². The van der Waals surface area contributed by atoms with Gasteiger partial charge in [0.15, 0.2) is 0 Å². The Morgan fingerprint density at radius 3 is 2.54 bits per heavy atom. The first-order chi connectivity index (χ1) is 17.5. The van der Waals surface area contributed by atoms with Gasteiger partial charge in [0.1, 0.15) is 17.1 Å². The largest absolute Gasteiger partial charge is 0.496 e. The maximum Gasteiger partial charge on any atom is 0.341 e. The zero-order chi connectivity index (χ0) is 27.0. The molecule has 0 aliphatic carbocycles. The van der Waals surface area contributed by atoms with Gasteiger partial charge in [-0.3, -0.25) is 4.79 Å². The van der Waals surface area contributed by atoms with Crippen LogP contribution in [-0.4, -0.2) is 44.6 Å². The third-order valence-corrected chi connectivity index (χ3v) is 6.52. The number of benzene rings is 2. The van der Waals surface area contributed by atoms with Crippen molar-refractivity contribution in [1.29, 1.82) is 0 Å². The molecule has 0 amide bonds. The minimum Gasteiger partial charge on any atom is -0.496 e. The summed E-state index contributed by atoms with van der Waals surface area (Å²) in [5.41, 5.74) is 0.314. The molecule has 0 saturated carbocycles. The lowest BCUT2D eigenvalue weighted by atomic mass is 9.97. The zero-order valence-corrected chi connectivity index (χ0v) is 21.3. The van der Waals surface area contributed by atoms with Gasteiger partial charge in [-0.2, -0.15) is 4.98 Å². The molecular formula is C26H25ClFN3O6. The highest BCUT2D eigenvalue weighted by atomic mass is 35.5. The second kappa shape index (κ2) is 10.3. The van der Waals surface area contributed by atoms with Crippen molar-refractivity contribution in [1.82, 2.24) is 14.7 Å². The number of carbonyl (C=O) groups is 1. The summed E-state index contributed by atoms with van der Waals surface area (Å²) in [6.45, 7) is 5.11. The van der Waals surface area contributed by atoms with Gasteiger partial charge in [-0.05, 0) is 35.2 Å². The van der Waals surface area contributed by atoms with E-state index in [0.29, 0.717) is 28.3 Å². The van der Waals surface area contributed by atoms with Gasteiger partial charge in [-0.15, -0.1) is 0 Å². The van der Waals surface area contributed by atoms with Crippen LogP contribution in [0.3, 0.4) is 0 Å². The number of aliphatic hydroxyl groups is 1. The van der Waals surface area contributed by atoms with Crippen LogP contribution in [0.2, 0.25) is 5.02 Å². The molecule has 0 fully saturated rings. The maximum atomic E-state index is 15.1. The van der Waals surface area contributed by atoms with Crippen LogP contribution in [-0.2, 0) is 6.42 Å². The van der Waals surface area contributed by atoms with E-state index in [1.165, 1.54) is 31.5 Å². The highest BCUT2D eigenvalue weighted by Crippen LogP contribution is 2.33. The minimum atomic E-state index is -1.39. The monoisotopic (exact) mass is 529 g/mol. The van der Waals surface area contributed by atoms with Crippen LogP contribution in [0, 0.1) is 18.7 Å². The smallest absolute Gasteiger partial charge is 0.341 e. The van der Waals surface area contributed by atoms with Gasteiger partial charge in [-0.1, -0.05) is 30.6 Å². The molecule has 0 saturated heterocycles. The highest BCUT2D eigenvalue weighted by Gasteiger charge is 2.23. The van der Waals surface area contributed by atoms with E-state index in [9.17, 15) is 19.8 Å². The first-order valence-corrected chi connectivity index (χ1v) is 11.8. The number of hydrogen-bond donors (Lipinski definition) is 2. The molecule has 0 unspecified atom stereocenters. The Bertz CT molecular complexity index is 1560. The van der Waals surface area contributed by atoms with E-state index in [4.69, 9.17) is 20.9 Å². The first-order valence-electron chi connectivity index (χ1n) is 11.4. The van der Waals surface area contributed by atoms with Crippen LogP contribution >= 0.6 is 11.6 Å². The molecule has 0 aliphatic heterocycles. The number of aliphatic hydroxyl groups excluding tert-OH is 1. The maximum absolute atomic E-state index is 15.1. The van der Waals surface area contributed by atoms with Gasteiger partial charge in [0.25, 0.3) is 0 Å². The minimum absolute atomic E-state index is 0.0281. The molecule has 194 valence electrons. The summed E-state index contributed by atoms with van der Waals surface area (Å²) in [6, 6.07) is 5.51. The SMILES string of the molecule is COc1cc2c(cc1Cc1cc(-c3noc(C)n3)cc(Cl)c1F)c(=O)c(C(=O)O)cn2[C@H](CO)C(C)C. The molecule has 4 rings (SSSR count). The van der Waals surface area contributed by atoms with Gasteiger partial charge in [0.05, 0.1) is 30.3 Å². The van der Waals surface area contributed by atoms with Crippen molar-refractivity contribution in [2.45, 2.75) is 33.2 Å². The number of ether oxygens (including phenoxy) is 1. The molecule has 11 heteroatoms. The van der Waals surface area contributed by atoms with E-state index < -0.39 is 28.8 Å². The zero-order valence-electron chi connectivity index (χ0n) is 20.6. The molecule has 1 atom stereocenters.